The summed E-state index contributed by atoms with van der Waals surface area (Å²) in [4.78, 5) is 4.00. The standard InChI is InChI=1S/C13H15N3O2S/c1-16(10-11-5-2-3-7-13(11)14)19(17,18)12-6-4-8-15-9-12/h2-9H,10,14H2,1H3. The van der Waals surface area contributed by atoms with Crippen LogP contribution in [0.25, 0.3) is 0 Å². The van der Waals surface area contributed by atoms with E-state index in [1.165, 1.54) is 29.8 Å². The molecule has 0 radical (unpaired) electrons. The van der Waals surface area contributed by atoms with Gasteiger partial charge in [0.15, 0.2) is 0 Å². The van der Waals surface area contributed by atoms with Crippen LogP contribution in [0.15, 0.2) is 53.7 Å². The molecular formula is C13H15N3O2S. The van der Waals surface area contributed by atoms with Gasteiger partial charge >= 0.3 is 0 Å². The number of sulfonamides is 1. The van der Waals surface area contributed by atoms with Gasteiger partial charge in [-0.3, -0.25) is 4.98 Å². The molecule has 2 N–H and O–H groups in total. The Bertz CT molecular complexity index is 657. The lowest BCUT2D eigenvalue weighted by molar-refractivity contribution is 0.467. The van der Waals surface area contributed by atoms with E-state index < -0.39 is 10.0 Å². The van der Waals surface area contributed by atoms with Crippen molar-refractivity contribution in [2.45, 2.75) is 11.4 Å². The minimum Gasteiger partial charge on any atom is -0.398 e. The highest BCUT2D eigenvalue weighted by atomic mass is 32.2. The number of nitrogen functional groups attached to an aromatic ring is 1. The minimum absolute atomic E-state index is 0.173. The summed E-state index contributed by atoms with van der Waals surface area (Å²) in [7, 11) is -2.02. The van der Waals surface area contributed by atoms with Crippen molar-refractivity contribution in [2.24, 2.45) is 0 Å². The first-order chi connectivity index (χ1) is 9.01. The average molecular weight is 277 g/mol. The fourth-order valence-corrected chi connectivity index (χ4v) is 2.80. The molecule has 0 aliphatic carbocycles. The normalized spacial score (nSPS) is 11.7. The molecule has 1 aromatic heterocycles. The molecule has 19 heavy (non-hydrogen) atoms. The maximum Gasteiger partial charge on any atom is 0.244 e. The molecule has 0 aliphatic rings. The molecule has 0 saturated carbocycles. The molecule has 0 spiro atoms. The van der Waals surface area contributed by atoms with E-state index in [2.05, 4.69) is 4.98 Å². The molecule has 6 heteroatoms. The van der Waals surface area contributed by atoms with Gasteiger partial charge in [0.2, 0.25) is 10.0 Å². The van der Waals surface area contributed by atoms with Crippen LogP contribution in [0, 0.1) is 0 Å². The molecule has 0 bridgehead atoms. The van der Waals surface area contributed by atoms with Crippen LogP contribution in [0.3, 0.4) is 0 Å². The molecule has 0 unspecified atom stereocenters. The van der Waals surface area contributed by atoms with Crippen molar-refractivity contribution in [3.8, 4) is 0 Å². The van der Waals surface area contributed by atoms with Crippen LogP contribution < -0.4 is 5.73 Å². The molecule has 1 aromatic carbocycles. The van der Waals surface area contributed by atoms with E-state index in [1.807, 2.05) is 18.2 Å². The van der Waals surface area contributed by atoms with Gasteiger partial charge in [-0.05, 0) is 23.8 Å². The van der Waals surface area contributed by atoms with Crippen LogP contribution in [-0.4, -0.2) is 24.8 Å². The van der Waals surface area contributed by atoms with Crippen LogP contribution in [0.4, 0.5) is 5.69 Å². The molecule has 1 heterocycles. The molecule has 100 valence electrons. The number of para-hydroxylation sites is 1. The van der Waals surface area contributed by atoms with Crippen molar-refractivity contribution in [3.05, 3.63) is 54.4 Å². The molecular weight excluding hydrogens is 262 g/mol. The third kappa shape index (κ3) is 2.91. The van der Waals surface area contributed by atoms with Crippen molar-refractivity contribution in [3.63, 3.8) is 0 Å². The molecule has 0 atom stereocenters. The van der Waals surface area contributed by atoms with Crippen LogP contribution in [0.2, 0.25) is 0 Å². The van der Waals surface area contributed by atoms with Gasteiger partial charge < -0.3 is 5.73 Å². The van der Waals surface area contributed by atoms with Crippen molar-refractivity contribution >= 4 is 15.7 Å². The number of rotatable bonds is 4. The summed E-state index contributed by atoms with van der Waals surface area (Å²) in [5, 5.41) is 0. The molecule has 0 saturated heterocycles. The topological polar surface area (TPSA) is 76.3 Å². The summed E-state index contributed by atoms with van der Waals surface area (Å²) in [5.41, 5.74) is 7.17. The molecule has 2 aromatic rings. The summed E-state index contributed by atoms with van der Waals surface area (Å²) in [6.07, 6.45) is 2.87. The maximum atomic E-state index is 12.3. The zero-order valence-corrected chi connectivity index (χ0v) is 11.3. The minimum atomic E-state index is -3.54. The van der Waals surface area contributed by atoms with E-state index >= 15 is 0 Å². The number of hydrogen-bond acceptors (Lipinski definition) is 4. The first-order valence-corrected chi connectivity index (χ1v) is 7.15. The van der Waals surface area contributed by atoms with Gasteiger partial charge in [-0.2, -0.15) is 4.31 Å². The number of pyridine rings is 1. The van der Waals surface area contributed by atoms with Crippen LogP contribution in [0.1, 0.15) is 5.56 Å². The highest BCUT2D eigenvalue weighted by molar-refractivity contribution is 7.89. The Morgan fingerprint density at radius 2 is 1.95 bits per heavy atom. The quantitative estimate of drug-likeness (QED) is 0.859. The third-order valence-corrected chi connectivity index (χ3v) is 4.58. The average Bonchev–Trinajstić information content (AvgIpc) is 2.42. The maximum absolute atomic E-state index is 12.3. The van der Waals surface area contributed by atoms with Gasteiger partial charge in [0.25, 0.3) is 0 Å². The van der Waals surface area contributed by atoms with Gasteiger partial charge in [-0.1, -0.05) is 18.2 Å². The molecule has 2 rings (SSSR count). The number of hydrogen-bond donors (Lipinski definition) is 1. The van der Waals surface area contributed by atoms with Gasteiger partial charge in [-0.25, -0.2) is 8.42 Å². The number of nitrogens with two attached hydrogens (primary N) is 1. The monoisotopic (exact) mass is 277 g/mol. The Balaban J connectivity index is 2.26. The molecule has 0 amide bonds. The van der Waals surface area contributed by atoms with Crippen LogP contribution >= 0.6 is 0 Å². The van der Waals surface area contributed by atoms with Crippen LogP contribution in [-0.2, 0) is 16.6 Å². The van der Waals surface area contributed by atoms with E-state index in [4.69, 9.17) is 5.73 Å². The Morgan fingerprint density at radius 1 is 1.21 bits per heavy atom. The lowest BCUT2D eigenvalue weighted by Crippen LogP contribution is -2.26. The van der Waals surface area contributed by atoms with Crippen molar-refractivity contribution in [1.29, 1.82) is 0 Å². The second kappa shape index (κ2) is 5.38. The second-order valence-corrected chi connectivity index (χ2v) is 6.19. The van der Waals surface area contributed by atoms with Crippen molar-refractivity contribution < 1.29 is 8.42 Å². The second-order valence-electron chi connectivity index (χ2n) is 4.15. The first kappa shape index (κ1) is 13.5. The zero-order chi connectivity index (χ0) is 13.9. The predicted molar refractivity (Wildman–Crippen MR) is 73.7 cm³/mol. The summed E-state index contributed by atoms with van der Waals surface area (Å²) in [5.74, 6) is 0. The third-order valence-electron chi connectivity index (χ3n) is 2.79. The molecule has 0 fully saturated rings. The summed E-state index contributed by atoms with van der Waals surface area (Å²) in [6, 6.07) is 10.3. The number of anilines is 1. The lowest BCUT2D eigenvalue weighted by Gasteiger charge is -2.17. The summed E-state index contributed by atoms with van der Waals surface area (Å²) < 4.78 is 25.8. The van der Waals surface area contributed by atoms with Crippen LogP contribution in [0.5, 0.6) is 0 Å². The molecule has 0 aliphatic heterocycles. The number of benzene rings is 1. The largest absolute Gasteiger partial charge is 0.398 e. The predicted octanol–water partition coefficient (Wildman–Crippen LogP) is 1.48. The smallest absolute Gasteiger partial charge is 0.244 e. The van der Waals surface area contributed by atoms with Crippen molar-refractivity contribution in [1.82, 2.24) is 9.29 Å². The lowest BCUT2D eigenvalue weighted by atomic mass is 10.2. The van der Waals surface area contributed by atoms with Gasteiger partial charge in [0.1, 0.15) is 4.90 Å². The Hall–Kier alpha value is -1.92. The van der Waals surface area contributed by atoms with Gasteiger partial charge in [-0.15, -0.1) is 0 Å². The van der Waals surface area contributed by atoms with E-state index in [1.54, 1.807) is 12.1 Å². The summed E-state index contributed by atoms with van der Waals surface area (Å²) >= 11 is 0. The Labute approximate surface area is 112 Å². The fraction of sp³-hybridized carbons (Fsp3) is 0.154. The van der Waals surface area contributed by atoms with E-state index in [0.717, 1.165) is 5.56 Å². The van der Waals surface area contributed by atoms with Gasteiger partial charge in [0.05, 0.1) is 0 Å². The van der Waals surface area contributed by atoms with Gasteiger partial charge in [0, 0.05) is 31.7 Å². The Morgan fingerprint density at radius 3 is 2.58 bits per heavy atom. The zero-order valence-electron chi connectivity index (χ0n) is 10.5. The molecule has 5 nitrogen and oxygen atoms in total. The highest BCUT2D eigenvalue weighted by Crippen LogP contribution is 2.18. The van der Waals surface area contributed by atoms with Crippen molar-refractivity contribution in [2.75, 3.05) is 12.8 Å². The Kier molecular flexibility index (Phi) is 3.82. The van der Waals surface area contributed by atoms with E-state index in [-0.39, 0.29) is 11.4 Å². The fourth-order valence-electron chi connectivity index (χ4n) is 1.68. The van der Waals surface area contributed by atoms with E-state index in [9.17, 15) is 8.42 Å². The SMILES string of the molecule is CN(Cc1ccccc1N)S(=O)(=O)c1cccnc1. The number of aromatic nitrogens is 1. The first-order valence-electron chi connectivity index (χ1n) is 5.71. The van der Waals surface area contributed by atoms with E-state index in [0.29, 0.717) is 5.69 Å². The highest BCUT2D eigenvalue weighted by Gasteiger charge is 2.21. The number of nitrogens with zero attached hydrogens (tertiary/aromatic N) is 2. The summed E-state index contributed by atoms with van der Waals surface area (Å²) in [6.45, 7) is 0.226.